The fourth-order valence-electron chi connectivity index (χ4n) is 0.775. The minimum absolute atomic E-state index is 0.153. The maximum absolute atomic E-state index is 11.3. The van der Waals surface area contributed by atoms with Crippen LogP contribution in [0, 0.1) is 12.3 Å². The van der Waals surface area contributed by atoms with Gasteiger partial charge in [0.15, 0.2) is 8.68 Å². The summed E-state index contributed by atoms with van der Waals surface area (Å²) in [6.45, 7) is 0.217. The van der Waals surface area contributed by atoms with E-state index in [-0.39, 0.29) is 24.0 Å². The first kappa shape index (κ1) is 14.8. The van der Waals surface area contributed by atoms with Crippen LogP contribution in [0.2, 0.25) is 0 Å². The minimum Gasteiger partial charge on any atom is -0.369 e. The molecule has 6 nitrogen and oxygen atoms in total. The molecule has 0 radical (unpaired) electrons. The number of primary amides is 1. The first-order valence-corrected chi connectivity index (χ1v) is 7.48. The molecule has 0 aliphatic carbocycles. The molecule has 18 heavy (non-hydrogen) atoms. The number of rotatable bonds is 7. The summed E-state index contributed by atoms with van der Waals surface area (Å²) in [6.07, 6.45) is 5.01. The molecule has 9 heteroatoms. The smallest absolute Gasteiger partial charge is 0.231 e. The third-order valence-electron chi connectivity index (χ3n) is 1.44. The summed E-state index contributed by atoms with van der Waals surface area (Å²) in [6, 6.07) is 0. The number of nitrogens with zero attached hydrogens (tertiary/aromatic N) is 2. The average molecular weight is 302 g/mol. The zero-order chi connectivity index (χ0) is 13.4. The molecular weight excluding hydrogens is 292 g/mol. The lowest BCUT2D eigenvalue weighted by atomic mass is 10.6. The summed E-state index contributed by atoms with van der Waals surface area (Å²) < 4.78 is 1.32. The van der Waals surface area contributed by atoms with Gasteiger partial charge in [-0.25, -0.2) is 0 Å². The van der Waals surface area contributed by atoms with E-state index in [4.69, 9.17) is 12.2 Å². The second kappa shape index (κ2) is 7.97. The molecule has 0 unspecified atom stereocenters. The lowest BCUT2D eigenvalue weighted by Gasteiger charge is -1.97. The van der Waals surface area contributed by atoms with Gasteiger partial charge in [-0.05, 0) is 0 Å². The van der Waals surface area contributed by atoms with Crippen molar-refractivity contribution in [2.45, 2.75) is 8.68 Å². The third kappa shape index (κ3) is 5.90. The van der Waals surface area contributed by atoms with Gasteiger partial charge in [0.2, 0.25) is 11.8 Å². The summed E-state index contributed by atoms with van der Waals surface area (Å²) in [4.78, 5) is 21.8. The second-order valence-corrected chi connectivity index (χ2v) is 6.28. The Balaban J connectivity index is 2.33. The van der Waals surface area contributed by atoms with Crippen LogP contribution in [0.3, 0.4) is 0 Å². The summed E-state index contributed by atoms with van der Waals surface area (Å²) in [5, 5.41) is 10.3. The number of carbonyl (C=O) groups excluding carboxylic acids is 2. The van der Waals surface area contributed by atoms with Crippen molar-refractivity contribution < 1.29 is 9.59 Å². The maximum atomic E-state index is 11.3. The minimum atomic E-state index is -0.405. The Bertz CT molecular complexity index is 469. The van der Waals surface area contributed by atoms with E-state index in [1.165, 1.54) is 34.9 Å². The van der Waals surface area contributed by atoms with Gasteiger partial charge in [0, 0.05) is 0 Å². The van der Waals surface area contributed by atoms with Gasteiger partial charge in [-0.15, -0.1) is 16.6 Å². The Morgan fingerprint density at radius 2 is 1.94 bits per heavy atom. The largest absolute Gasteiger partial charge is 0.369 e. The van der Waals surface area contributed by atoms with Crippen LogP contribution in [-0.2, 0) is 9.59 Å². The van der Waals surface area contributed by atoms with Gasteiger partial charge in [-0.2, -0.15) is 0 Å². The molecule has 0 bridgehead atoms. The van der Waals surface area contributed by atoms with Crippen LogP contribution in [0.4, 0.5) is 0 Å². The maximum Gasteiger partial charge on any atom is 0.231 e. The van der Waals surface area contributed by atoms with Crippen LogP contribution >= 0.6 is 34.9 Å². The van der Waals surface area contributed by atoms with E-state index in [0.717, 1.165) is 0 Å². The van der Waals surface area contributed by atoms with Crippen molar-refractivity contribution in [3.05, 3.63) is 0 Å². The lowest BCUT2D eigenvalue weighted by molar-refractivity contribution is -0.118. The molecule has 0 aliphatic heterocycles. The molecule has 0 saturated carbocycles. The van der Waals surface area contributed by atoms with Crippen molar-refractivity contribution in [1.29, 1.82) is 0 Å². The fraction of sp³-hybridized carbons (Fsp3) is 0.333. The van der Waals surface area contributed by atoms with Crippen LogP contribution in [-0.4, -0.2) is 40.1 Å². The highest BCUT2D eigenvalue weighted by Crippen LogP contribution is 2.28. The van der Waals surface area contributed by atoms with Crippen molar-refractivity contribution >= 4 is 46.7 Å². The third-order valence-corrected chi connectivity index (χ3v) is 4.65. The first-order chi connectivity index (χ1) is 8.61. The normalized spacial score (nSPS) is 9.72. The summed E-state index contributed by atoms with van der Waals surface area (Å²) in [5.74, 6) is 2.16. The lowest BCUT2D eigenvalue weighted by Crippen LogP contribution is -2.25. The van der Waals surface area contributed by atoms with Crippen LogP contribution < -0.4 is 11.1 Å². The van der Waals surface area contributed by atoms with Crippen molar-refractivity contribution in [3.63, 3.8) is 0 Å². The van der Waals surface area contributed by atoms with Gasteiger partial charge in [-0.1, -0.05) is 40.8 Å². The molecule has 0 aliphatic rings. The molecular formula is C9H10N4O2S3. The Kier molecular flexibility index (Phi) is 6.56. The van der Waals surface area contributed by atoms with Crippen LogP contribution in [0.5, 0.6) is 0 Å². The van der Waals surface area contributed by atoms with Crippen molar-refractivity contribution in [2.24, 2.45) is 5.73 Å². The Morgan fingerprint density at radius 1 is 1.33 bits per heavy atom. The molecule has 0 aromatic carbocycles. The van der Waals surface area contributed by atoms with Gasteiger partial charge >= 0.3 is 0 Å². The van der Waals surface area contributed by atoms with Crippen molar-refractivity contribution in [2.75, 3.05) is 18.1 Å². The molecule has 1 aromatic heterocycles. The molecule has 0 spiro atoms. The van der Waals surface area contributed by atoms with Crippen LogP contribution in [0.15, 0.2) is 8.68 Å². The molecule has 3 N–H and O–H groups in total. The summed E-state index contributed by atoms with van der Waals surface area (Å²) in [5.41, 5.74) is 5.01. The predicted molar refractivity (Wildman–Crippen MR) is 72.4 cm³/mol. The van der Waals surface area contributed by atoms with Gasteiger partial charge < -0.3 is 11.1 Å². The fourth-order valence-corrected chi connectivity index (χ4v) is 3.36. The number of hydrogen-bond acceptors (Lipinski definition) is 7. The number of hydrogen-bond donors (Lipinski definition) is 2. The Labute approximate surface area is 116 Å². The number of thioether (sulfide) groups is 2. The number of terminal acetylenes is 1. The summed E-state index contributed by atoms with van der Waals surface area (Å²) in [7, 11) is 0. The van der Waals surface area contributed by atoms with Gasteiger partial charge in [0.1, 0.15) is 0 Å². The molecule has 1 aromatic rings. The SMILES string of the molecule is C#CCNC(=O)CSc1nnc(SCC(N)=O)s1. The predicted octanol–water partition coefficient (Wildman–Crippen LogP) is -0.0430. The zero-order valence-electron chi connectivity index (χ0n) is 9.21. The van der Waals surface area contributed by atoms with E-state index in [9.17, 15) is 9.59 Å². The number of nitrogens with one attached hydrogen (secondary N) is 1. The number of amides is 2. The van der Waals surface area contributed by atoms with Gasteiger partial charge in [0.25, 0.3) is 0 Å². The average Bonchev–Trinajstić information content (AvgIpc) is 2.79. The van der Waals surface area contributed by atoms with Crippen molar-refractivity contribution in [3.8, 4) is 12.3 Å². The van der Waals surface area contributed by atoms with E-state index >= 15 is 0 Å². The highest BCUT2D eigenvalue weighted by molar-refractivity contribution is 8.03. The zero-order valence-corrected chi connectivity index (χ0v) is 11.7. The standard InChI is InChI=1S/C9H10N4O2S3/c1-2-3-11-7(15)5-17-9-13-12-8(18-9)16-4-6(10)14/h1H,3-5H2,(H2,10,14)(H,11,15). The van der Waals surface area contributed by atoms with Gasteiger partial charge in [-0.3, -0.25) is 9.59 Å². The molecule has 1 rings (SSSR count). The topological polar surface area (TPSA) is 98.0 Å². The van der Waals surface area contributed by atoms with E-state index in [0.29, 0.717) is 8.68 Å². The molecule has 0 saturated heterocycles. The number of carbonyl (C=O) groups is 2. The van der Waals surface area contributed by atoms with Gasteiger partial charge in [0.05, 0.1) is 18.1 Å². The Morgan fingerprint density at radius 3 is 2.50 bits per heavy atom. The highest BCUT2D eigenvalue weighted by Gasteiger charge is 2.08. The molecule has 2 amide bonds. The monoisotopic (exact) mass is 302 g/mol. The van der Waals surface area contributed by atoms with Crippen LogP contribution in [0.1, 0.15) is 0 Å². The number of aromatic nitrogens is 2. The molecule has 1 heterocycles. The van der Waals surface area contributed by atoms with Crippen molar-refractivity contribution in [1.82, 2.24) is 15.5 Å². The first-order valence-electron chi connectivity index (χ1n) is 4.69. The highest BCUT2D eigenvalue weighted by atomic mass is 32.2. The van der Waals surface area contributed by atoms with Crippen LogP contribution in [0.25, 0.3) is 0 Å². The van der Waals surface area contributed by atoms with E-state index in [2.05, 4.69) is 21.4 Å². The van der Waals surface area contributed by atoms with E-state index in [1.54, 1.807) is 0 Å². The summed E-state index contributed by atoms with van der Waals surface area (Å²) >= 11 is 3.81. The van der Waals surface area contributed by atoms with E-state index in [1.807, 2.05) is 0 Å². The molecule has 96 valence electrons. The Hall–Kier alpha value is -1.24. The molecule has 0 fully saturated rings. The second-order valence-electron chi connectivity index (χ2n) is 2.86. The number of nitrogens with two attached hydrogens (primary N) is 1. The molecule has 0 atom stereocenters. The van der Waals surface area contributed by atoms with E-state index < -0.39 is 5.91 Å². The quantitative estimate of drug-likeness (QED) is 0.541.